The van der Waals surface area contributed by atoms with Gasteiger partial charge >= 0.3 is 5.97 Å². The molecular formula is C10H16O2. The fourth-order valence-corrected chi connectivity index (χ4v) is 0.843. The molecular weight excluding hydrogens is 152 g/mol. The third kappa shape index (κ3) is 7.06. The molecule has 68 valence electrons. The molecule has 0 aromatic carbocycles. The maximum atomic E-state index is 9.84. The molecule has 1 aliphatic rings. The van der Waals surface area contributed by atoms with Gasteiger partial charge in [-0.2, -0.15) is 0 Å². The van der Waals surface area contributed by atoms with Crippen LogP contribution in [0.1, 0.15) is 25.7 Å². The number of carbonyl (C=O) groups excluding carboxylic acids is 1. The summed E-state index contributed by atoms with van der Waals surface area (Å²) in [4.78, 5) is 9.84. The zero-order valence-corrected chi connectivity index (χ0v) is 7.58. The van der Waals surface area contributed by atoms with E-state index in [2.05, 4.69) is 23.5 Å². The van der Waals surface area contributed by atoms with Gasteiger partial charge in [0.2, 0.25) is 0 Å². The van der Waals surface area contributed by atoms with Crippen LogP contribution in [0.5, 0.6) is 0 Å². The molecule has 0 heterocycles. The van der Waals surface area contributed by atoms with Gasteiger partial charge < -0.3 is 4.74 Å². The summed E-state index contributed by atoms with van der Waals surface area (Å²) in [5, 5.41) is 0. The SMILES string of the molecule is C1=CCCCC1.C=CC(=O)OC. The van der Waals surface area contributed by atoms with Crippen molar-refractivity contribution in [1.29, 1.82) is 0 Å². The number of ether oxygens (including phenoxy) is 1. The topological polar surface area (TPSA) is 26.3 Å². The standard InChI is InChI=1S/C6H10.C4H6O2/c1-2-4-6-5-3-1;1-3-4(5)6-2/h1-2H,3-6H2;3H,1H2,2H3. The van der Waals surface area contributed by atoms with Crippen molar-refractivity contribution in [3.05, 3.63) is 24.8 Å². The van der Waals surface area contributed by atoms with Gasteiger partial charge in [-0.3, -0.25) is 0 Å². The van der Waals surface area contributed by atoms with Crippen LogP contribution in [0, 0.1) is 0 Å². The molecule has 0 atom stereocenters. The Balaban J connectivity index is 0.000000202. The van der Waals surface area contributed by atoms with Crippen molar-refractivity contribution < 1.29 is 9.53 Å². The Labute approximate surface area is 73.9 Å². The number of carbonyl (C=O) groups is 1. The Morgan fingerprint density at radius 2 is 1.92 bits per heavy atom. The van der Waals surface area contributed by atoms with E-state index in [0.29, 0.717) is 0 Å². The Hall–Kier alpha value is -1.05. The molecule has 0 radical (unpaired) electrons. The number of rotatable bonds is 1. The summed E-state index contributed by atoms with van der Waals surface area (Å²) >= 11 is 0. The van der Waals surface area contributed by atoms with E-state index in [1.165, 1.54) is 32.8 Å². The first-order valence-corrected chi connectivity index (χ1v) is 4.16. The molecule has 1 rings (SSSR count). The number of allylic oxidation sites excluding steroid dienone is 2. The smallest absolute Gasteiger partial charge is 0.329 e. The Morgan fingerprint density at radius 1 is 1.42 bits per heavy atom. The van der Waals surface area contributed by atoms with Crippen LogP contribution in [-0.4, -0.2) is 13.1 Å². The van der Waals surface area contributed by atoms with Gasteiger partial charge in [-0.15, -0.1) is 0 Å². The molecule has 0 unspecified atom stereocenters. The molecule has 0 amide bonds. The number of hydrogen-bond acceptors (Lipinski definition) is 2. The van der Waals surface area contributed by atoms with Crippen LogP contribution in [0.2, 0.25) is 0 Å². The lowest BCUT2D eigenvalue weighted by Gasteiger charge is -1.97. The van der Waals surface area contributed by atoms with Crippen LogP contribution in [0.4, 0.5) is 0 Å². The van der Waals surface area contributed by atoms with Gasteiger partial charge in [-0.1, -0.05) is 18.7 Å². The zero-order chi connectivity index (χ0) is 9.23. The van der Waals surface area contributed by atoms with Crippen molar-refractivity contribution in [2.75, 3.05) is 7.11 Å². The second-order valence-corrected chi connectivity index (χ2v) is 2.48. The maximum absolute atomic E-state index is 9.84. The van der Waals surface area contributed by atoms with Crippen molar-refractivity contribution in [2.45, 2.75) is 25.7 Å². The summed E-state index contributed by atoms with van der Waals surface area (Å²) in [6.07, 6.45) is 11.1. The van der Waals surface area contributed by atoms with Crippen molar-refractivity contribution in [1.82, 2.24) is 0 Å². The second kappa shape index (κ2) is 8.05. The third-order valence-corrected chi connectivity index (χ3v) is 1.53. The lowest BCUT2D eigenvalue weighted by molar-refractivity contribution is -0.134. The fraction of sp³-hybridized carbons (Fsp3) is 0.500. The molecule has 2 heteroatoms. The van der Waals surface area contributed by atoms with Crippen LogP contribution < -0.4 is 0 Å². The van der Waals surface area contributed by atoms with E-state index in [0.717, 1.165) is 6.08 Å². The highest BCUT2D eigenvalue weighted by Crippen LogP contribution is 2.07. The molecule has 12 heavy (non-hydrogen) atoms. The fourth-order valence-electron chi connectivity index (χ4n) is 0.843. The minimum atomic E-state index is -0.394. The average molecular weight is 168 g/mol. The molecule has 1 aliphatic carbocycles. The summed E-state index contributed by atoms with van der Waals surface area (Å²) in [5.74, 6) is -0.394. The summed E-state index contributed by atoms with van der Waals surface area (Å²) in [7, 11) is 1.31. The summed E-state index contributed by atoms with van der Waals surface area (Å²) in [6, 6.07) is 0. The van der Waals surface area contributed by atoms with Crippen LogP contribution in [-0.2, 0) is 9.53 Å². The van der Waals surface area contributed by atoms with Crippen molar-refractivity contribution in [3.63, 3.8) is 0 Å². The zero-order valence-electron chi connectivity index (χ0n) is 7.58. The monoisotopic (exact) mass is 168 g/mol. The van der Waals surface area contributed by atoms with Crippen LogP contribution in [0.25, 0.3) is 0 Å². The molecule has 0 aliphatic heterocycles. The summed E-state index contributed by atoms with van der Waals surface area (Å²) in [5.41, 5.74) is 0. The van der Waals surface area contributed by atoms with E-state index in [-0.39, 0.29) is 0 Å². The predicted molar refractivity (Wildman–Crippen MR) is 49.8 cm³/mol. The van der Waals surface area contributed by atoms with E-state index in [1.807, 2.05) is 0 Å². The van der Waals surface area contributed by atoms with Gasteiger partial charge in [0.05, 0.1) is 7.11 Å². The molecule has 0 fully saturated rings. The Kier molecular flexibility index (Phi) is 7.35. The molecule has 0 N–H and O–H groups in total. The van der Waals surface area contributed by atoms with Crippen molar-refractivity contribution in [3.8, 4) is 0 Å². The third-order valence-electron chi connectivity index (χ3n) is 1.53. The number of esters is 1. The molecule has 0 aromatic heterocycles. The van der Waals surface area contributed by atoms with Crippen LogP contribution in [0.15, 0.2) is 24.8 Å². The second-order valence-electron chi connectivity index (χ2n) is 2.48. The van der Waals surface area contributed by atoms with E-state index >= 15 is 0 Å². The average Bonchev–Trinajstić information content (AvgIpc) is 2.20. The van der Waals surface area contributed by atoms with E-state index < -0.39 is 5.97 Å². The highest BCUT2D eigenvalue weighted by Gasteiger charge is 1.87. The molecule has 0 saturated heterocycles. The van der Waals surface area contributed by atoms with Gasteiger partial charge in [0.25, 0.3) is 0 Å². The van der Waals surface area contributed by atoms with E-state index in [1.54, 1.807) is 0 Å². The molecule has 0 saturated carbocycles. The van der Waals surface area contributed by atoms with Gasteiger partial charge in [0.1, 0.15) is 0 Å². The Bertz CT molecular complexity index is 151. The molecule has 2 nitrogen and oxygen atoms in total. The lowest BCUT2D eigenvalue weighted by Crippen LogP contribution is -1.91. The molecule has 0 aromatic rings. The summed E-state index contributed by atoms with van der Waals surface area (Å²) < 4.78 is 4.14. The summed E-state index contributed by atoms with van der Waals surface area (Å²) in [6.45, 7) is 3.16. The molecule has 0 spiro atoms. The van der Waals surface area contributed by atoms with Gasteiger partial charge in [0, 0.05) is 6.08 Å². The van der Waals surface area contributed by atoms with Crippen LogP contribution >= 0.6 is 0 Å². The minimum Gasteiger partial charge on any atom is -0.466 e. The normalized spacial score (nSPS) is 14.1. The number of hydrogen-bond donors (Lipinski definition) is 0. The highest BCUT2D eigenvalue weighted by molar-refractivity contribution is 5.80. The van der Waals surface area contributed by atoms with Gasteiger partial charge in [0.15, 0.2) is 0 Å². The quantitative estimate of drug-likeness (QED) is 0.341. The van der Waals surface area contributed by atoms with E-state index in [4.69, 9.17) is 0 Å². The highest BCUT2D eigenvalue weighted by atomic mass is 16.5. The molecule has 0 bridgehead atoms. The first kappa shape index (κ1) is 11.0. The van der Waals surface area contributed by atoms with Gasteiger partial charge in [-0.25, -0.2) is 4.79 Å². The lowest BCUT2D eigenvalue weighted by atomic mass is 10.1. The predicted octanol–water partition coefficient (Wildman–Crippen LogP) is 2.46. The largest absolute Gasteiger partial charge is 0.466 e. The minimum absolute atomic E-state index is 0.394. The Morgan fingerprint density at radius 3 is 2.00 bits per heavy atom. The van der Waals surface area contributed by atoms with E-state index in [9.17, 15) is 4.79 Å². The van der Waals surface area contributed by atoms with Gasteiger partial charge in [-0.05, 0) is 25.7 Å². The van der Waals surface area contributed by atoms with Crippen molar-refractivity contribution in [2.24, 2.45) is 0 Å². The van der Waals surface area contributed by atoms with Crippen molar-refractivity contribution >= 4 is 5.97 Å². The number of methoxy groups -OCH3 is 1. The first-order valence-electron chi connectivity index (χ1n) is 4.16. The first-order chi connectivity index (χ1) is 5.81. The maximum Gasteiger partial charge on any atom is 0.329 e. The van der Waals surface area contributed by atoms with Crippen LogP contribution in [0.3, 0.4) is 0 Å².